The molecule has 0 atom stereocenters. The van der Waals surface area contributed by atoms with Crippen molar-refractivity contribution in [2.75, 3.05) is 4.90 Å². The Bertz CT molecular complexity index is 3390. The van der Waals surface area contributed by atoms with Gasteiger partial charge in [0.25, 0.3) is 0 Å². The monoisotopic (exact) mass is 765 g/mol. The summed E-state index contributed by atoms with van der Waals surface area (Å²) in [5, 5.41) is 2.25. The second-order valence-electron chi connectivity index (χ2n) is 17.1. The molecule has 1 aromatic heterocycles. The lowest BCUT2D eigenvalue weighted by molar-refractivity contribution is 0.660. The van der Waals surface area contributed by atoms with Crippen LogP contribution in [0.4, 0.5) is 17.1 Å². The van der Waals surface area contributed by atoms with Crippen LogP contribution in [0.25, 0.3) is 66.4 Å². The van der Waals surface area contributed by atoms with Crippen molar-refractivity contribution >= 4 is 39.0 Å². The zero-order valence-corrected chi connectivity index (χ0v) is 33.4. The van der Waals surface area contributed by atoms with Crippen molar-refractivity contribution < 1.29 is 4.42 Å². The maximum atomic E-state index is 6.49. The number of anilines is 3. The molecule has 1 spiro atoms. The van der Waals surface area contributed by atoms with Crippen LogP contribution in [0.5, 0.6) is 0 Å². The van der Waals surface area contributed by atoms with Crippen LogP contribution in [0, 0.1) is 0 Å². The maximum Gasteiger partial charge on any atom is 0.136 e. The van der Waals surface area contributed by atoms with E-state index in [1.165, 1.54) is 66.8 Å². The molecule has 0 N–H and O–H groups in total. The van der Waals surface area contributed by atoms with E-state index in [-0.39, 0.29) is 5.41 Å². The molecule has 3 aliphatic rings. The number of rotatable bonds is 4. The van der Waals surface area contributed by atoms with Crippen molar-refractivity contribution in [1.29, 1.82) is 0 Å². The molecule has 0 fully saturated rings. The summed E-state index contributed by atoms with van der Waals surface area (Å²) in [6, 6.07) is 74.3. The van der Waals surface area contributed by atoms with Gasteiger partial charge < -0.3 is 9.32 Å². The third kappa shape index (κ3) is 4.22. The molecule has 13 rings (SSSR count). The molecule has 1 heterocycles. The summed E-state index contributed by atoms with van der Waals surface area (Å²) in [6.45, 7) is 4.75. The summed E-state index contributed by atoms with van der Waals surface area (Å²) >= 11 is 0. The Morgan fingerprint density at radius 3 is 1.62 bits per heavy atom. The van der Waals surface area contributed by atoms with Crippen molar-refractivity contribution in [2.24, 2.45) is 0 Å². The highest BCUT2D eigenvalue weighted by Gasteiger charge is 2.52. The normalized spacial score (nSPS) is 14.4. The van der Waals surface area contributed by atoms with Crippen LogP contribution >= 0.6 is 0 Å². The van der Waals surface area contributed by atoms with Crippen LogP contribution in [-0.4, -0.2) is 0 Å². The molecule has 0 radical (unpaired) electrons. The highest BCUT2D eigenvalue weighted by atomic mass is 16.3. The molecule has 60 heavy (non-hydrogen) atoms. The lowest BCUT2D eigenvalue weighted by atomic mass is 9.70. The Morgan fingerprint density at radius 2 is 0.867 bits per heavy atom. The summed E-state index contributed by atoms with van der Waals surface area (Å²) in [5.41, 5.74) is 22.7. The van der Waals surface area contributed by atoms with Gasteiger partial charge in [0.2, 0.25) is 0 Å². The van der Waals surface area contributed by atoms with E-state index in [1.54, 1.807) is 0 Å². The number of nitrogens with zero attached hydrogens (tertiary/aromatic N) is 1. The average Bonchev–Trinajstić information content (AvgIpc) is 3.99. The van der Waals surface area contributed by atoms with E-state index in [4.69, 9.17) is 4.42 Å². The second kappa shape index (κ2) is 12.1. The predicted octanol–water partition coefficient (Wildman–Crippen LogP) is 15.4. The Balaban J connectivity index is 1.13. The predicted molar refractivity (Wildman–Crippen MR) is 248 cm³/mol. The van der Waals surface area contributed by atoms with E-state index in [1.807, 2.05) is 0 Å². The van der Waals surface area contributed by atoms with E-state index < -0.39 is 5.41 Å². The van der Waals surface area contributed by atoms with Gasteiger partial charge in [0.1, 0.15) is 11.2 Å². The number of hydrogen-bond donors (Lipinski definition) is 0. The van der Waals surface area contributed by atoms with Crippen LogP contribution in [0.2, 0.25) is 0 Å². The minimum absolute atomic E-state index is 0.166. The lowest BCUT2D eigenvalue weighted by Gasteiger charge is -2.33. The smallest absolute Gasteiger partial charge is 0.136 e. The Labute approximate surface area is 349 Å². The standard InChI is InChI=1S/C58H39NO/c1-57(2)45-24-9-3-17-37(45)40-34-33-36(35-50(40)57)59(51-29-13-7-20-41(51)42-23-15-32-54-55(42)44-22-8-14-31-53(44)60-54)52-30-16-28-49-56(52)43-21-6-12-27-48(43)58(49)46-25-10-4-18-38(46)39-19-5-11-26-47(39)58/h3-35H,1-2H3. The zero-order chi connectivity index (χ0) is 39.7. The first-order valence-electron chi connectivity index (χ1n) is 21.0. The van der Waals surface area contributed by atoms with Gasteiger partial charge in [-0.05, 0) is 103 Å². The van der Waals surface area contributed by atoms with Crippen molar-refractivity contribution in [1.82, 2.24) is 0 Å². The van der Waals surface area contributed by atoms with Crippen LogP contribution in [-0.2, 0) is 10.8 Å². The fourth-order valence-corrected chi connectivity index (χ4v) is 11.4. The molecular formula is C58H39NO. The first-order chi connectivity index (χ1) is 29.5. The Hall–Kier alpha value is -7.42. The van der Waals surface area contributed by atoms with Crippen molar-refractivity contribution in [3.05, 3.63) is 234 Å². The highest BCUT2D eigenvalue weighted by Crippen LogP contribution is 2.65. The molecular weight excluding hydrogens is 727 g/mol. The largest absolute Gasteiger partial charge is 0.456 e. The molecule has 282 valence electrons. The molecule has 3 aliphatic carbocycles. The molecule has 2 heteroatoms. The highest BCUT2D eigenvalue weighted by molar-refractivity contribution is 6.14. The number of benzene rings is 9. The summed E-state index contributed by atoms with van der Waals surface area (Å²) in [7, 11) is 0. The quantitative estimate of drug-likeness (QED) is 0.177. The number of hydrogen-bond acceptors (Lipinski definition) is 2. The van der Waals surface area contributed by atoms with Gasteiger partial charge in [-0.15, -0.1) is 0 Å². The molecule has 2 nitrogen and oxygen atoms in total. The van der Waals surface area contributed by atoms with Gasteiger partial charge in [0.05, 0.1) is 16.8 Å². The SMILES string of the molecule is CC1(C)c2ccccc2-c2ccc(N(c3ccccc3-c3cccc4oc5ccccc5c34)c3cccc4c3-c3ccccc3C43c4ccccc4-c4ccccc43)cc21. The number of furan rings is 1. The molecule has 0 saturated carbocycles. The summed E-state index contributed by atoms with van der Waals surface area (Å²) < 4.78 is 6.49. The molecule has 10 aromatic rings. The molecule has 0 bridgehead atoms. The molecule has 0 amide bonds. The van der Waals surface area contributed by atoms with Crippen LogP contribution < -0.4 is 4.90 Å². The summed E-state index contributed by atoms with van der Waals surface area (Å²) in [5.74, 6) is 0. The minimum atomic E-state index is -0.455. The number of fused-ring (bicyclic) bond motifs is 16. The van der Waals surface area contributed by atoms with E-state index in [0.29, 0.717) is 0 Å². The first-order valence-corrected chi connectivity index (χ1v) is 21.0. The third-order valence-corrected chi connectivity index (χ3v) is 13.9. The number of para-hydroxylation sites is 2. The van der Waals surface area contributed by atoms with E-state index in [9.17, 15) is 0 Å². The Kier molecular flexibility index (Phi) is 6.74. The van der Waals surface area contributed by atoms with Crippen molar-refractivity contribution in [3.8, 4) is 44.5 Å². The lowest BCUT2D eigenvalue weighted by Crippen LogP contribution is -2.26. The van der Waals surface area contributed by atoms with Gasteiger partial charge in [0.15, 0.2) is 0 Å². The van der Waals surface area contributed by atoms with E-state index in [2.05, 4.69) is 219 Å². The van der Waals surface area contributed by atoms with E-state index in [0.717, 1.165) is 50.1 Å². The molecule has 0 saturated heterocycles. The molecule has 0 unspecified atom stereocenters. The fourth-order valence-electron chi connectivity index (χ4n) is 11.4. The van der Waals surface area contributed by atoms with Crippen LogP contribution in [0.1, 0.15) is 47.2 Å². The van der Waals surface area contributed by atoms with Gasteiger partial charge in [-0.25, -0.2) is 0 Å². The molecule has 9 aromatic carbocycles. The first kappa shape index (κ1) is 33.5. The average molecular weight is 766 g/mol. The second-order valence-corrected chi connectivity index (χ2v) is 17.1. The Morgan fingerprint density at radius 1 is 0.367 bits per heavy atom. The third-order valence-electron chi connectivity index (χ3n) is 13.9. The van der Waals surface area contributed by atoms with Crippen LogP contribution in [0.15, 0.2) is 205 Å². The molecule has 0 aliphatic heterocycles. The van der Waals surface area contributed by atoms with Crippen molar-refractivity contribution in [2.45, 2.75) is 24.7 Å². The van der Waals surface area contributed by atoms with Gasteiger partial charge in [-0.3, -0.25) is 0 Å². The van der Waals surface area contributed by atoms with Gasteiger partial charge >= 0.3 is 0 Å². The van der Waals surface area contributed by atoms with Crippen LogP contribution in [0.3, 0.4) is 0 Å². The minimum Gasteiger partial charge on any atom is -0.456 e. The van der Waals surface area contributed by atoms with Gasteiger partial charge in [0, 0.05) is 33.0 Å². The topological polar surface area (TPSA) is 16.4 Å². The van der Waals surface area contributed by atoms with Crippen molar-refractivity contribution in [3.63, 3.8) is 0 Å². The zero-order valence-electron chi connectivity index (χ0n) is 33.4. The maximum absolute atomic E-state index is 6.49. The van der Waals surface area contributed by atoms with Gasteiger partial charge in [-0.1, -0.05) is 178 Å². The summed E-state index contributed by atoms with van der Waals surface area (Å²) in [6.07, 6.45) is 0. The van der Waals surface area contributed by atoms with E-state index >= 15 is 0 Å². The fraction of sp³-hybridized carbons (Fsp3) is 0.0690. The van der Waals surface area contributed by atoms with Gasteiger partial charge in [-0.2, -0.15) is 0 Å². The summed E-state index contributed by atoms with van der Waals surface area (Å²) in [4.78, 5) is 2.55.